The van der Waals surface area contributed by atoms with Crippen molar-refractivity contribution in [2.45, 2.75) is 26.4 Å². The monoisotopic (exact) mass is 396 g/mol. The molecule has 6 nitrogen and oxygen atoms in total. The summed E-state index contributed by atoms with van der Waals surface area (Å²) in [6.07, 6.45) is 3.09. The molecule has 0 amide bonds. The third-order valence-electron chi connectivity index (χ3n) is 3.62. The SMILES string of the molecule is CC(C)(C)Oc1ccc(/C=N\Nc2cnn(-c3ccccc3)c(=O)c2Cl)cc1. The van der Waals surface area contributed by atoms with E-state index in [-0.39, 0.29) is 10.6 Å². The number of anilines is 1. The van der Waals surface area contributed by atoms with Gasteiger partial charge in [0.2, 0.25) is 0 Å². The van der Waals surface area contributed by atoms with Gasteiger partial charge < -0.3 is 4.74 Å². The predicted octanol–water partition coefficient (Wildman–Crippen LogP) is 4.51. The first-order chi connectivity index (χ1) is 13.3. The largest absolute Gasteiger partial charge is 0.488 e. The molecule has 1 aromatic heterocycles. The third-order valence-corrected chi connectivity index (χ3v) is 3.99. The first-order valence-corrected chi connectivity index (χ1v) is 9.13. The Morgan fingerprint density at radius 1 is 1.11 bits per heavy atom. The zero-order chi connectivity index (χ0) is 20.1. The summed E-state index contributed by atoms with van der Waals surface area (Å²) in [5.74, 6) is 0.786. The van der Waals surface area contributed by atoms with Gasteiger partial charge >= 0.3 is 0 Å². The maximum Gasteiger partial charge on any atom is 0.292 e. The van der Waals surface area contributed by atoms with Crippen molar-refractivity contribution in [2.24, 2.45) is 5.10 Å². The van der Waals surface area contributed by atoms with Crippen LogP contribution in [0.4, 0.5) is 5.69 Å². The number of rotatable bonds is 5. The van der Waals surface area contributed by atoms with Crippen LogP contribution >= 0.6 is 11.6 Å². The van der Waals surface area contributed by atoms with E-state index in [1.54, 1.807) is 18.3 Å². The first kappa shape index (κ1) is 19.6. The van der Waals surface area contributed by atoms with Gasteiger partial charge in [0.15, 0.2) is 0 Å². The minimum atomic E-state index is -0.420. The van der Waals surface area contributed by atoms with E-state index in [4.69, 9.17) is 16.3 Å². The second kappa shape index (κ2) is 8.27. The highest BCUT2D eigenvalue weighted by Crippen LogP contribution is 2.19. The summed E-state index contributed by atoms with van der Waals surface area (Å²) in [6.45, 7) is 5.99. The summed E-state index contributed by atoms with van der Waals surface area (Å²) >= 11 is 6.19. The third kappa shape index (κ3) is 4.98. The fourth-order valence-corrected chi connectivity index (χ4v) is 2.59. The smallest absolute Gasteiger partial charge is 0.292 e. The van der Waals surface area contributed by atoms with Crippen molar-refractivity contribution in [1.29, 1.82) is 0 Å². The van der Waals surface area contributed by atoms with Crippen molar-refractivity contribution >= 4 is 23.5 Å². The van der Waals surface area contributed by atoms with Crippen molar-refractivity contribution in [2.75, 3.05) is 5.43 Å². The summed E-state index contributed by atoms with van der Waals surface area (Å²) in [5, 5.41) is 8.30. The van der Waals surface area contributed by atoms with Gasteiger partial charge in [0.05, 0.1) is 18.1 Å². The molecule has 144 valence electrons. The summed E-state index contributed by atoms with van der Waals surface area (Å²) in [6, 6.07) is 16.6. The Hall–Kier alpha value is -3.12. The second-order valence-corrected chi connectivity index (χ2v) is 7.46. The van der Waals surface area contributed by atoms with Crippen LogP contribution in [0.15, 0.2) is 70.7 Å². The molecule has 0 radical (unpaired) electrons. The molecule has 0 fully saturated rings. The van der Waals surface area contributed by atoms with Gasteiger partial charge in [0, 0.05) is 0 Å². The van der Waals surface area contributed by atoms with Gasteiger partial charge in [0.25, 0.3) is 5.56 Å². The summed E-state index contributed by atoms with van der Waals surface area (Å²) in [7, 11) is 0. The number of para-hydroxylation sites is 1. The summed E-state index contributed by atoms with van der Waals surface area (Å²) < 4.78 is 7.03. The van der Waals surface area contributed by atoms with Crippen LogP contribution in [0.25, 0.3) is 5.69 Å². The second-order valence-electron chi connectivity index (χ2n) is 7.08. The van der Waals surface area contributed by atoms with E-state index < -0.39 is 5.56 Å². The molecule has 3 aromatic rings. The van der Waals surface area contributed by atoms with E-state index in [2.05, 4.69) is 15.6 Å². The van der Waals surface area contributed by atoms with Crippen LogP contribution in [0.2, 0.25) is 5.02 Å². The van der Waals surface area contributed by atoms with Crippen LogP contribution in [0.3, 0.4) is 0 Å². The number of ether oxygens (including phenoxy) is 1. The van der Waals surface area contributed by atoms with E-state index in [9.17, 15) is 4.79 Å². The number of hydrogen-bond acceptors (Lipinski definition) is 5. The molecule has 2 aromatic carbocycles. The molecule has 1 N–H and O–H groups in total. The molecule has 0 aliphatic carbocycles. The number of benzene rings is 2. The molecule has 28 heavy (non-hydrogen) atoms. The topological polar surface area (TPSA) is 68.5 Å². The Bertz CT molecular complexity index is 1020. The molecule has 3 rings (SSSR count). The lowest BCUT2D eigenvalue weighted by molar-refractivity contribution is 0.131. The van der Waals surface area contributed by atoms with Crippen LogP contribution < -0.4 is 15.7 Å². The van der Waals surface area contributed by atoms with E-state index >= 15 is 0 Å². The Morgan fingerprint density at radius 2 is 1.79 bits per heavy atom. The van der Waals surface area contributed by atoms with E-state index in [1.165, 1.54) is 10.9 Å². The number of hydrogen-bond donors (Lipinski definition) is 1. The maximum absolute atomic E-state index is 12.4. The number of nitrogens with one attached hydrogen (secondary N) is 1. The van der Waals surface area contributed by atoms with Crippen molar-refractivity contribution in [3.05, 3.63) is 81.7 Å². The van der Waals surface area contributed by atoms with Crippen molar-refractivity contribution < 1.29 is 4.74 Å². The number of nitrogens with zero attached hydrogens (tertiary/aromatic N) is 3. The van der Waals surface area contributed by atoms with Crippen molar-refractivity contribution in [1.82, 2.24) is 9.78 Å². The zero-order valence-corrected chi connectivity index (χ0v) is 16.6. The zero-order valence-electron chi connectivity index (χ0n) is 15.9. The molecule has 7 heteroatoms. The van der Waals surface area contributed by atoms with E-state index in [0.717, 1.165) is 11.3 Å². The summed E-state index contributed by atoms with van der Waals surface area (Å²) in [4.78, 5) is 12.4. The lowest BCUT2D eigenvalue weighted by Crippen LogP contribution is -2.22. The van der Waals surface area contributed by atoms with Crippen LogP contribution in [0, 0.1) is 0 Å². The molecular formula is C21H21ClN4O2. The number of aromatic nitrogens is 2. The number of hydrazone groups is 1. The maximum atomic E-state index is 12.4. The average Bonchev–Trinajstić information content (AvgIpc) is 2.66. The molecule has 0 spiro atoms. The van der Waals surface area contributed by atoms with Crippen LogP contribution in [-0.4, -0.2) is 21.6 Å². The van der Waals surface area contributed by atoms with Gasteiger partial charge in [-0.05, 0) is 62.7 Å². The molecule has 0 atom stereocenters. The molecule has 1 heterocycles. The van der Waals surface area contributed by atoms with Crippen molar-refractivity contribution in [3.63, 3.8) is 0 Å². The highest BCUT2D eigenvalue weighted by molar-refractivity contribution is 6.32. The van der Waals surface area contributed by atoms with Crippen LogP contribution in [-0.2, 0) is 0 Å². The Labute approximate surface area is 168 Å². The molecule has 0 bridgehead atoms. The fraction of sp³-hybridized carbons (Fsp3) is 0.190. The van der Waals surface area contributed by atoms with Gasteiger partial charge in [0.1, 0.15) is 22.1 Å². The minimum absolute atomic E-state index is 0.0185. The predicted molar refractivity (Wildman–Crippen MR) is 113 cm³/mol. The Kier molecular flexibility index (Phi) is 5.80. The molecule has 0 aliphatic heterocycles. The standard InChI is InChI=1S/C21H21ClN4O2/c1-21(2,3)28-17-11-9-15(10-12-17)13-23-25-18-14-24-26(20(27)19(18)22)16-7-5-4-6-8-16/h4-14,25H,1-3H3/b23-13-. The van der Waals surface area contributed by atoms with Crippen LogP contribution in [0.5, 0.6) is 5.75 Å². The van der Waals surface area contributed by atoms with Crippen LogP contribution in [0.1, 0.15) is 26.3 Å². The van der Waals surface area contributed by atoms with Gasteiger partial charge in [-0.3, -0.25) is 10.2 Å². The molecule has 0 unspecified atom stereocenters. The van der Waals surface area contributed by atoms with Gasteiger partial charge in [-0.1, -0.05) is 29.8 Å². The highest BCUT2D eigenvalue weighted by atomic mass is 35.5. The average molecular weight is 397 g/mol. The van der Waals surface area contributed by atoms with Gasteiger partial charge in [-0.2, -0.15) is 14.9 Å². The highest BCUT2D eigenvalue weighted by Gasteiger charge is 2.11. The van der Waals surface area contributed by atoms with Gasteiger partial charge in [-0.25, -0.2) is 0 Å². The lowest BCUT2D eigenvalue weighted by Gasteiger charge is -2.21. The van der Waals surface area contributed by atoms with Crippen molar-refractivity contribution in [3.8, 4) is 11.4 Å². The Morgan fingerprint density at radius 3 is 2.43 bits per heavy atom. The van der Waals surface area contributed by atoms with E-state index in [1.807, 2.05) is 63.2 Å². The Balaban J connectivity index is 1.71. The molecule has 0 saturated heterocycles. The van der Waals surface area contributed by atoms with E-state index in [0.29, 0.717) is 11.4 Å². The molecule has 0 saturated carbocycles. The first-order valence-electron chi connectivity index (χ1n) is 8.75. The van der Waals surface area contributed by atoms with Gasteiger partial charge in [-0.15, -0.1) is 0 Å². The normalized spacial score (nSPS) is 11.6. The quantitative estimate of drug-likeness (QED) is 0.509. The number of halogens is 1. The fourth-order valence-electron chi connectivity index (χ4n) is 2.42. The summed E-state index contributed by atoms with van der Waals surface area (Å²) in [5.41, 5.74) is 3.94. The molecule has 0 aliphatic rings. The molecular weight excluding hydrogens is 376 g/mol. The lowest BCUT2D eigenvalue weighted by atomic mass is 10.2. The minimum Gasteiger partial charge on any atom is -0.488 e.